The maximum atomic E-state index is 9.47. The first-order valence-electron chi connectivity index (χ1n) is 7.31. The van der Waals surface area contributed by atoms with Gasteiger partial charge in [0.25, 0.3) is 0 Å². The highest BCUT2D eigenvalue weighted by atomic mass is 16.5. The van der Waals surface area contributed by atoms with Crippen molar-refractivity contribution in [3.05, 3.63) is 0 Å². The number of nitrogens with zero attached hydrogens (tertiary/aromatic N) is 1. The average molecular weight is 253 g/mol. The zero-order valence-corrected chi connectivity index (χ0v) is 11.7. The van der Waals surface area contributed by atoms with Gasteiger partial charge in [-0.15, -0.1) is 0 Å². The molecular weight excluding hydrogens is 226 g/mol. The average Bonchev–Trinajstić information content (AvgIpc) is 2.36. The third kappa shape index (κ3) is 5.84. The van der Waals surface area contributed by atoms with Gasteiger partial charge >= 0.3 is 0 Å². The molecule has 0 aliphatic heterocycles. The van der Waals surface area contributed by atoms with Gasteiger partial charge < -0.3 is 9.47 Å². The monoisotopic (exact) mass is 253 g/mol. The summed E-state index contributed by atoms with van der Waals surface area (Å²) in [5.41, 5.74) is -0.109. The molecule has 1 rings (SSSR count). The molecule has 1 fully saturated rings. The zero-order valence-electron chi connectivity index (χ0n) is 11.7. The molecule has 0 aromatic carbocycles. The molecule has 0 spiro atoms. The summed E-state index contributed by atoms with van der Waals surface area (Å²) in [5.74, 6) is 0. The van der Waals surface area contributed by atoms with Crippen LogP contribution in [0.2, 0.25) is 0 Å². The summed E-state index contributed by atoms with van der Waals surface area (Å²) in [4.78, 5) is 0. The largest absolute Gasteiger partial charge is 0.385 e. The van der Waals surface area contributed by atoms with E-state index in [-0.39, 0.29) is 5.41 Å². The summed E-state index contributed by atoms with van der Waals surface area (Å²) >= 11 is 0. The van der Waals surface area contributed by atoms with Crippen molar-refractivity contribution in [1.82, 2.24) is 0 Å². The van der Waals surface area contributed by atoms with Crippen LogP contribution in [-0.4, -0.2) is 26.9 Å². The second-order valence-corrected chi connectivity index (χ2v) is 5.37. The molecule has 1 saturated carbocycles. The molecule has 0 unspecified atom stereocenters. The van der Waals surface area contributed by atoms with Crippen molar-refractivity contribution >= 4 is 0 Å². The van der Waals surface area contributed by atoms with Crippen LogP contribution < -0.4 is 0 Å². The predicted octanol–water partition coefficient (Wildman–Crippen LogP) is 3.68. The van der Waals surface area contributed by atoms with E-state index in [4.69, 9.17) is 9.47 Å². The topological polar surface area (TPSA) is 42.2 Å². The third-order valence-electron chi connectivity index (χ3n) is 3.91. The van der Waals surface area contributed by atoms with E-state index < -0.39 is 0 Å². The van der Waals surface area contributed by atoms with Gasteiger partial charge in [-0.3, -0.25) is 0 Å². The zero-order chi connectivity index (χ0) is 13.1. The Morgan fingerprint density at radius 2 is 1.67 bits per heavy atom. The second-order valence-electron chi connectivity index (χ2n) is 5.37. The number of hydrogen-bond acceptors (Lipinski definition) is 3. The molecule has 104 valence electrons. The fourth-order valence-corrected chi connectivity index (χ4v) is 2.67. The van der Waals surface area contributed by atoms with E-state index in [0.29, 0.717) is 0 Å². The lowest BCUT2D eigenvalue weighted by Gasteiger charge is -2.28. The molecule has 18 heavy (non-hydrogen) atoms. The van der Waals surface area contributed by atoms with Crippen molar-refractivity contribution in [1.29, 1.82) is 5.26 Å². The molecule has 0 aromatic heterocycles. The highest BCUT2D eigenvalue weighted by molar-refractivity contribution is 4.99. The minimum absolute atomic E-state index is 0.109. The van der Waals surface area contributed by atoms with Crippen LogP contribution in [0.4, 0.5) is 0 Å². The predicted molar refractivity (Wildman–Crippen MR) is 72.3 cm³/mol. The molecule has 0 heterocycles. The van der Waals surface area contributed by atoms with Crippen molar-refractivity contribution in [2.75, 3.05) is 26.9 Å². The van der Waals surface area contributed by atoms with Crippen LogP contribution in [0.1, 0.15) is 57.8 Å². The molecule has 0 amide bonds. The van der Waals surface area contributed by atoms with E-state index in [1.165, 1.54) is 32.1 Å². The highest BCUT2D eigenvalue weighted by Gasteiger charge is 2.29. The fourth-order valence-electron chi connectivity index (χ4n) is 2.67. The SMILES string of the molecule is COCCCOCCC1(C#N)CCCCCCC1. The maximum absolute atomic E-state index is 9.47. The van der Waals surface area contributed by atoms with Gasteiger partial charge in [-0.1, -0.05) is 32.1 Å². The smallest absolute Gasteiger partial charge is 0.0690 e. The Bertz CT molecular complexity index is 239. The fraction of sp³-hybridized carbons (Fsp3) is 0.933. The Kier molecular flexibility index (Phi) is 8.04. The first-order valence-corrected chi connectivity index (χ1v) is 7.31. The van der Waals surface area contributed by atoms with Crippen LogP contribution in [0.25, 0.3) is 0 Å². The van der Waals surface area contributed by atoms with Crippen molar-refractivity contribution in [2.24, 2.45) is 5.41 Å². The first-order chi connectivity index (χ1) is 8.83. The van der Waals surface area contributed by atoms with Crippen LogP contribution in [0.5, 0.6) is 0 Å². The maximum Gasteiger partial charge on any atom is 0.0690 e. The molecule has 3 nitrogen and oxygen atoms in total. The summed E-state index contributed by atoms with van der Waals surface area (Å²) in [6, 6.07) is 2.58. The van der Waals surface area contributed by atoms with E-state index in [9.17, 15) is 5.26 Å². The molecule has 3 heteroatoms. The van der Waals surface area contributed by atoms with Crippen molar-refractivity contribution in [3.63, 3.8) is 0 Å². The van der Waals surface area contributed by atoms with Crippen LogP contribution in [0, 0.1) is 16.7 Å². The number of nitriles is 1. The summed E-state index contributed by atoms with van der Waals surface area (Å²) in [7, 11) is 1.71. The van der Waals surface area contributed by atoms with Crippen LogP contribution in [0.3, 0.4) is 0 Å². The molecule has 0 atom stereocenters. The van der Waals surface area contributed by atoms with Gasteiger partial charge in [-0.2, -0.15) is 5.26 Å². The van der Waals surface area contributed by atoms with Crippen molar-refractivity contribution in [2.45, 2.75) is 57.8 Å². The van der Waals surface area contributed by atoms with Crippen molar-refractivity contribution in [3.8, 4) is 6.07 Å². The molecule has 0 N–H and O–H groups in total. The summed E-state index contributed by atoms with van der Waals surface area (Å²) in [5, 5.41) is 9.47. The Hall–Kier alpha value is -0.590. The van der Waals surface area contributed by atoms with Gasteiger partial charge in [-0.05, 0) is 25.7 Å². The van der Waals surface area contributed by atoms with E-state index in [1.54, 1.807) is 7.11 Å². The lowest BCUT2D eigenvalue weighted by atomic mass is 9.75. The first kappa shape index (κ1) is 15.5. The normalized spacial score (nSPS) is 19.8. The lowest BCUT2D eigenvalue weighted by Crippen LogP contribution is -2.22. The van der Waals surface area contributed by atoms with Gasteiger partial charge in [-0.25, -0.2) is 0 Å². The van der Waals surface area contributed by atoms with E-state index in [1.807, 2.05) is 0 Å². The third-order valence-corrected chi connectivity index (χ3v) is 3.91. The van der Waals surface area contributed by atoms with E-state index in [2.05, 4.69) is 6.07 Å². The second kappa shape index (κ2) is 9.35. The van der Waals surface area contributed by atoms with Gasteiger partial charge in [0, 0.05) is 26.9 Å². The Balaban J connectivity index is 2.23. The number of methoxy groups -OCH3 is 1. The highest BCUT2D eigenvalue weighted by Crippen LogP contribution is 2.36. The van der Waals surface area contributed by atoms with Gasteiger partial charge in [0.1, 0.15) is 0 Å². The lowest BCUT2D eigenvalue weighted by molar-refractivity contribution is 0.0809. The van der Waals surface area contributed by atoms with Crippen LogP contribution in [0.15, 0.2) is 0 Å². The molecule has 0 bridgehead atoms. The number of ether oxygens (including phenoxy) is 2. The molecule has 0 aromatic rings. The molecular formula is C15H27NO2. The summed E-state index contributed by atoms with van der Waals surface area (Å²) < 4.78 is 10.6. The summed E-state index contributed by atoms with van der Waals surface area (Å²) in [6.45, 7) is 2.22. The Morgan fingerprint density at radius 3 is 2.28 bits per heavy atom. The quantitative estimate of drug-likeness (QED) is 0.650. The van der Waals surface area contributed by atoms with Crippen LogP contribution >= 0.6 is 0 Å². The molecule has 0 radical (unpaired) electrons. The minimum atomic E-state index is -0.109. The summed E-state index contributed by atoms with van der Waals surface area (Å²) in [6.07, 6.45) is 10.3. The number of hydrogen-bond donors (Lipinski definition) is 0. The van der Waals surface area contributed by atoms with E-state index >= 15 is 0 Å². The van der Waals surface area contributed by atoms with E-state index in [0.717, 1.165) is 45.5 Å². The van der Waals surface area contributed by atoms with Gasteiger partial charge in [0.15, 0.2) is 0 Å². The minimum Gasteiger partial charge on any atom is -0.385 e. The Morgan fingerprint density at radius 1 is 1.00 bits per heavy atom. The molecule has 0 saturated heterocycles. The van der Waals surface area contributed by atoms with Crippen LogP contribution in [-0.2, 0) is 9.47 Å². The molecule has 1 aliphatic carbocycles. The standard InChI is InChI=1S/C15H27NO2/c1-17-11-7-12-18-13-10-15(14-16)8-5-3-2-4-6-9-15/h2-13H2,1H3. The van der Waals surface area contributed by atoms with Gasteiger partial charge in [0.05, 0.1) is 11.5 Å². The van der Waals surface area contributed by atoms with Crippen molar-refractivity contribution < 1.29 is 9.47 Å². The molecule has 1 aliphatic rings. The Labute approximate surface area is 111 Å². The number of rotatable bonds is 7. The van der Waals surface area contributed by atoms with Gasteiger partial charge in [0.2, 0.25) is 0 Å².